The van der Waals surface area contributed by atoms with Crippen LogP contribution in [0.4, 0.5) is 0 Å². The molecule has 1 amide bonds. The molecule has 0 unspecified atom stereocenters. The zero-order valence-corrected chi connectivity index (χ0v) is 20.6. The Bertz CT molecular complexity index is 1160. The van der Waals surface area contributed by atoms with Crippen LogP contribution in [-0.4, -0.2) is 29.4 Å². The molecule has 0 radical (unpaired) electrons. The van der Waals surface area contributed by atoms with Crippen LogP contribution in [0.25, 0.3) is 10.4 Å². The molecule has 34 heavy (non-hydrogen) atoms. The first-order chi connectivity index (χ1) is 16.1. The predicted molar refractivity (Wildman–Crippen MR) is 135 cm³/mol. The van der Waals surface area contributed by atoms with Gasteiger partial charge in [-0.2, -0.15) is 0 Å². The molecule has 3 rings (SSSR count). The van der Waals surface area contributed by atoms with Gasteiger partial charge in [0.05, 0.1) is 9.90 Å². The number of primary amides is 1. The molecule has 3 aromatic rings. The van der Waals surface area contributed by atoms with Gasteiger partial charge in [-0.1, -0.05) is 54.1 Å². The van der Waals surface area contributed by atoms with E-state index < -0.39 is 29.4 Å². The quantitative estimate of drug-likeness (QED) is 0.303. The normalized spacial score (nSPS) is 12.2. The Morgan fingerprint density at radius 3 is 2.44 bits per heavy atom. The third kappa shape index (κ3) is 7.52. The van der Waals surface area contributed by atoms with Crippen molar-refractivity contribution in [2.45, 2.75) is 44.7 Å². The number of rotatable bonds is 10. The molecule has 1 aromatic heterocycles. The van der Waals surface area contributed by atoms with Crippen molar-refractivity contribution in [1.82, 2.24) is 5.32 Å². The molecule has 1 heterocycles. The van der Waals surface area contributed by atoms with Gasteiger partial charge >= 0.3 is 11.9 Å². The number of ether oxygens (including phenoxy) is 1. The predicted octanol–water partition coefficient (Wildman–Crippen LogP) is 5.00. The highest BCUT2D eigenvalue weighted by Gasteiger charge is 2.30. The fourth-order valence-corrected chi connectivity index (χ4v) is 4.69. The van der Waals surface area contributed by atoms with Gasteiger partial charge in [0.2, 0.25) is 5.91 Å². The molecule has 0 aliphatic carbocycles. The molecule has 2 aromatic carbocycles. The minimum atomic E-state index is -0.880. The van der Waals surface area contributed by atoms with E-state index in [0.29, 0.717) is 10.8 Å². The van der Waals surface area contributed by atoms with Crippen molar-refractivity contribution in [1.29, 1.82) is 0 Å². The lowest BCUT2D eigenvalue weighted by atomic mass is 9.93. The van der Waals surface area contributed by atoms with E-state index in [1.165, 1.54) is 11.3 Å². The van der Waals surface area contributed by atoms with E-state index in [1.54, 1.807) is 24.3 Å². The summed E-state index contributed by atoms with van der Waals surface area (Å²) < 4.78 is 5.85. The molecule has 0 aliphatic rings. The third-order valence-electron chi connectivity index (χ3n) is 5.17. The summed E-state index contributed by atoms with van der Waals surface area (Å²) in [5, 5.41) is 3.25. The molecule has 0 saturated heterocycles. The molecule has 8 heteroatoms. The lowest BCUT2D eigenvalue weighted by molar-refractivity contribution is -0.141. The number of nitrogens with one attached hydrogen (secondary N) is 1. The summed E-state index contributed by atoms with van der Waals surface area (Å²) in [5.74, 6) is -2.05. The highest BCUT2D eigenvalue weighted by Crippen LogP contribution is 2.31. The molecule has 178 valence electrons. The van der Waals surface area contributed by atoms with Gasteiger partial charge in [0.25, 0.3) is 0 Å². The van der Waals surface area contributed by atoms with E-state index in [9.17, 15) is 14.4 Å². The second-order valence-corrected chi connectivity index (χ2v) is 10.4. The Morgan fingerprint density at radius 1 is 1.06 bits per heavy atom. The number of benzene rings is 2. The average Bonchev–Trinajstić information content (AvgIpc) is 3.23. The average molecular weight is 499 g/mol. The zero-order chi connectivity index (χ0) is 24.7. The molecule has 3 N–H and O–H groups in total. The second kappa shape index (κ2) is 11.4. The molecule has 0 fully saturated rings. The van der Waals surface area contributed by atoms with Crippen LogP contribution in [0.3, 0.4) is 0 Å². The molecule has 6 nitrogen and oxygen atoms in total. The summed E-state index contributed by atoms with van der Waals surface area (Å²) in [6, 6.07) is 19.4. The molecule has 0 spiro atoms. The van der Waals surface area contributed by atoms with Gasteiger partial charge in [-0.25, -0.2) is 9.59 Å². The molecular weight excluding hydrogens is 472 g/mol. The summed E-state index contributed by atoms with van der Waals surface area (Å²) >= 11 is 7.40. The van der Waals surface area contributed by atoms with Gasteiger partial charge in [-0.15, -0.1) is 11.3 Å². The first kappa shape index (κ1) is 25.6. The van der Waals surface area contributed by atoms with Gasteiger partial charge in [0.15, 0.2) is 0 Å². The topological polar surface area (TPSA) is 98.5 Å². The first-order valence-corrected chi connectivity index (χ1v) is 12.0. The number of halogens is 1. The van der Waals surface area contributed by atoms with Crippen LogP contribution < -0.4 is 11.1 Å². The van der Waals surface area contributed by atoms with Crippen molar-refractivity contribution in [3.63, 3.8) is 0 Å². The van der Waals surface area contributed by atoms with Crippen molar-refractivity contribution < 1.29 is 19.1 Å². The van der Waals surface area contributed by atoms with Crippen LogP contribution in [0.5, 0.6) is 0 Å². The number of carbonyl (C=O) groups is 3. The number of hydrogen-bond donors (Lipinski definition) is 2. The van der Waals surface area contributed by atoms with Gasteiger partial charge in [0, 0.05) is 16.8 Å². The monoisotopic (exact) mass is 498 g/mol. The fraction of sp³-hybridized carbons (Fsp3) is 0.269. The van der Waals surface area contributed by atoms with Crippen LogP contribution in [0.2, 0.25) is 4.34 Å². The van der Waals surface area contributed by atoms with E-state index in [-0.39, 0.29) is 18.4 Å². The second-order valence-electron chi connectivity index (χ2n) is 8.64. The van der Waals surface area contributed by atoms with Crippen molar-refractivity contribution >= 4 is 40.8 Å². The summed E-state index contributed by atoms with van der Waals surface area (Å²) in [5.41, 5.74) is 6.92. The highest BCUT2D eigenvalue weighted by molar-refractivity contribution is 7.19. The van der Waals surface area contributed by atoms with Crippen molar-refractivity contribution in [3.8, 4) is 10.4 Å². The minimum Gasteiger partial charge on any atom is -0.388 e. The largest absolute Gasteiger partial charge is 0.388 e. The van der Waals surface area contributed by atoms with E-state index in [4.69, 9.17) is 22.1 Å². The number of nitrogens with two attached hydrogens (primary N) is 1. The Balaban J connectivity index is 1.72. The number of thiophene rings is 1. The summed E-state index contributed by atoms with van der Waals surface area (Å²) in [6.07, 6.45) is 0.734. The van der Waals surface area contributed by atoms with Gasteiger partial charge < -0.3 is 10.5 Å². The summed E-state index contributed by atoms with van der Waals surface area (Å²) in [4.78, 5) is 38.0. The van der Waals surface area contributed by atoms with E-state index >= 15 is 0 Å². The molecule has 0 aliphatic heterocycles. The zero-order valence-electron chi connectivity index (χ0n) is 19.0. The SMILES string of the molecule is CC(C)(Cc1ccccc1)N[C@@H](CCC(N)=O)C(=O)OC(=O)c1cccc(-c2ccc(Cl)s2)c1. The minimum absolute atomic E-state index is 0.0169. The number of carbonyl (C=O) groups excluding carboxylic acids is 3. The maximum Gasteiger partial charge on any atom is 0.345 e. The van der Waals surface area contributed by atoms with E-state index in [2.05, 4.69) is 5.32 Å². The van der Waals surface area contributed by atoms with Gasteiger partial charge in [0.1, 0.15) is 6.04 Å². The molecule has 1 atom stereocenters. The van der Waals surface area contributed by atoms with Crippen LogP contribution in [-0.2, 0) is 20.7 Å². The molecule has 0 saturated carbocycles. The Morgan fingerprint density at radius 2 is 1.79 bits per heavy atom. The summed E-state index contributed by atoms with van der Waals surface area (Å²) in [6.45, 7) is 3.89. The van der Waals surface area contributed by atoms with E-state index in [1.807, 2.05) is 56.3 Å². The Kier molecular flexibility index (Phi) is 8.61. The van der Waals surface area contributed by atoms with Crippen molar-refractivity contribution in [3.05, 3.63) is 82.2 Å². The van der Waals surface area contributed by atoms with Gasteiger partial charge in [-0.05, 0) is 62.1 Å². The number of hydrogen-bond acceptors (Lipinski definition) is 6. The maximum absolute atomic E-state index is 13.0. The smallest absolute Gasteiger partial charge is 0.345 e. The van der Waals surface area contributed by atoms with Crippen molar-refractivity contribution in [2.24, 2.45) is 5.73 Å². The van der Waals surface area contributed by atoms with Crippen LogP contribution >= 0.6 is 22.9 Å². The fourth-order valence-electron chi connectivity index (χ4n) is 3.65. The number of esters is 2. The van der Waals surface area contributed by atoms with Gasteiger partial charge in [-0.3, -0.25) is 10.1 Å². The van der Waals surface area contributed by atoms with Crippen LogP contribution in [0.1, 0.15) is 42.6 Å². The number of amides is 1. The third-order valence-corrected chi connectivity index (χ3v) is 6.45. The molecular formula is C26H27ClN2O4S. The lowest BCUT2D eigenvalue weighted by Crippen LogP contribution is -2.51. The highest BCUT2D eigenvalue weighted by atomic mass is 35.5. The van der Waals surface area contributed by atoms with Crippen molar-refractivity contribution in [2.75, 3.05) is 0 Å². The first-order valence-electron chi connectivity index (χ1n) is 10.8. The summed E-state index contributed by atoms with van der Waals surface area (Å²) in [7, 11) is 0. The van der Waals surface area contributed by atoms with Crippen LogP contribution in [0.15, 0.2) is 66.7 Å². The Labute approximate surface area is 208 Å². The maximum atomic E-state index is 13.0. The van der Waals surface area contributed by atoms with E-state index in [0.717, 1.165) is 16.0 Å². The molecule has 0 bridgehead atoms. The standard InChI is InChI=1S/C26H27ClN2O4S/c1-26(2,16-17-7-4-3-5-8-17)29-20(11-14-23(28)30)25(32)33-24(31)19-10-6-9-18(15-19)21-12-13-22(27)34-21/h3-10,12-13,15,20,29H,11,14,16H2,1-2H3,(H2,28,30)/t20-/m0/s1. The van der Waals surface area contributed by atoms with Crippen LogP contribution in [0, 0.1) is 0 Å². The Hall–Kier alpha value is -3.00. The lowest BCUT2D eigenvalue weighted by Gasteiger charge is -2.31.